The maximum Gasteiger partial charge on any atom is 0.263 e. The summed E-state index contributed by atoms with van der Waals surface area (Å²) in [6, 6.07) is 25.7. The third kappa shape index (κ3) is 4.59. The van der Waals surface area contributed by atoms with Gasteiger partial charge in [0.15, 0.2) is 0 Å². The number of carbonyl (C=O) groups excluding carboxylic acids is 1. The van der Waals surface area contributed by atoms with E-state index in [2.05, 4.69) is 88.9 Å². The average Bonchev–Trinajstić information content (AvgIpc) is 3.64. The number of benzene rings is 2. The van der Waals surface area contributed by atoms with Crippen LogP contribution < -0.4 is 0 Å². The fourth-order valence-electron chi connectivity index (χ4n) is 8.11. The minimum absolute atomic E-state index is 0.136. The maximum atomic E-state index is 13.2. The van der Waals surface area contributed by atoms with Gasteiger partial charge in [0.25, 0.3) is 5.91 Å². The molecule has 6 heteroatoms. The van der Waals surface area contributed by atoms with E-state index >= 15 is 0 Å². The normalized spacial score (nSPS) is 24.6. The number of fused-ring (bicyclic) bond motifs is 3. The number of aromatic nitrogens is 2. The minimum atomic E-state index is 0.136. The Hall–Kier alpha value is -2.96. The highest BCUT2D eigenvalue weighted by atomic mass is 32.1. The molecule has 1 amide bonds. The molecule has 2 aromatic heterocycles. The van der Waals surface area contributed by atoms with Crippen LogP contribution in [0.15, 0.2) is 66.7 Å². The summed E-state index contributed by atoms with van der Waals surface area (Å²) in [7, 11) is 0. The van der Waals surface area contributed by atoms with Gasteiger partial charge in [0.2, 0.25) is 0 Å². The number of nitrogens with zero attached hydrogens (tertiary/aromatic N) is 4. The lowest BCUT2D eigenvalue weighted by Crippen LogP contribution is -2.49. The summed E-state index contributed by atoms with van der Waals surface area (Å²) in [5, 5.41) is 0. The van der Waals surface area contributed by atoms with Crippen LogP contribution in [0.5, 0.6) is 0 Å². The first-order chi connectivity index (χ1) is 19.5. The van der Waals surface area contributed by atoms with E-state index in [1.165, 1.54) is 48.1 Å². The summed E-state index contributed by atoms with van der Waals surface area (Å²) >= 11 is 1.62. The van der Waals surface area contributed by atoms with Crippen LogP contribution in [0, 0.1) is 13.8 Å². The monoisotopic (exact) mass is 552 g/mol. The number of hydrogen-bond donors (Lipinski definition) is 0. The van der Waals surface area contributed by atoms with Crippen molar-refractivity contribution >= 4 is 28.3 Å². The molecule has 4 aromatic rings. The molecular formula is C34H40N4OS. The van der Waals surface area contributed by atoms with Gasteiger partial charge in [-0.3, -0.25) is 9.69 Å². The lowest BCUT2D eigenvalue weighted by atomic mass is 9.70. The predicted octanol–water partition coefficient (Wildman–Crippen LogP) is 7.15. The van der Waals surface area contributed by atoms with Crippen LogP contribution in [0.4, 0.5) is 0 Å². The lowest BCUT2D eigenvalue weighted by molar-refractivity contribution is 0.0611. The molecule has 2 aromatic carbocycles. The number of aryl methyl sites for hydroxylation is 2. The van der Waals surface area contributed by atoms with Crippen molar-refractivity contribution in [2.75, 3.05) is 19.6 Å². The Morgan fingerprint density at radius 1 is 0.900 bits per heavy atom. The van der Waals surface area contributed by atoms with Gasteiger partial charge in [-0.05, 0) is 101 Å². The molecule has 7 rings (SSSR count). The van der Waals surface area contributed by atoms with Crippen molar-refractivity contribution in [2.24, 2.45) is 0 Å². The van der Waals surface area contributed by atoms with Crippen LogP contribution in [0.1, 0.15) is 76.9 Å². The van der Waals surface area contributed by atoms with Gasteiger partial charge in [-0.2, -0.15) is 0 Å². The molecule has 5 nitrogen and oxygen atoms in total. The van der Waals surface area contributed by atoms with E-state index in [-0.39, 0.29) is 11.3 Å². The van der Waals surface area contributed by atoms with Crippen molar-refractivity contribution < 1.29 is 4.79 Å². The van der Waals surface area contributed by atoms with Crippen LogP contribution in [0.25, 0.3) is 11.0 Å². The van der Waals surface area contributed by atoms with Crippen molar-refractivity contribution in [1.82, 2.24) is 19.4 Å². The molecular weight excluding hydrogens is 512 g/mol. The van der Waals surface area contributed by atoms with Crippen molar-refractivity contribution in [3.8, 4) is 0 Å². The van der Waals surface area contributed by atoms with Gasteiger partial charge in [0.05, 0.1) is 15.9 Å². The fourth-order valence-corrected chi connectivity index (χ4v) is 8.94. The van der Waals surface area contributed by atoms with Gasteiger partial charge in [-0.1, -0.05) is 42.5 Å². The highest BCUT2D eigenvalue weighted by Gasteiger charge is 2.44. The molecule has 0 N–H and O–H groups in total. The van der Waals surface area contributed by atoms with E-state index in [4.69, 9.17) is 4.98 Å². The average molecular weight is 553 g/mol. The van der Waals surface area contributed by atoms with E-state index in [1.807, 2.05) is 6.07 Å². The molecule has 5 heterocycles. The van der Waals surface area contributed by atoms with Gasteiger partial charge in [0.1, 0.15) is 5.82 Å². The first-order valence-corrected chi connectivity index (χ1v) is 15.9. The molecule has 40 heavy (non-hydrogen) atoms. The molecule has 0 radical (unpaired) electrons. The summed E-state index contributed by atoms with van der Waals surface area (Å²) in [6.07, 6.45) is 8.32. The molecule has 0 spiro atoms. The Balaban J connectivity index is 1.06. The van der Waals surface area contributed by atoms with Crippen LogP contribution >= 0.6 is 11.3 Å². The Labute approximate surface area is 241 Å². The van der Waals surface area contributed by atoms with E-state index in [0.717, 1.165) is 48.7 Å². The number of amides is 1. The molecule has 3 saturated heterocycles. The zero-order valence-corrected chi connectivity index (χ0v) is 24.6. The summed E-state index contributed by atoms with van der Waals surface area (Å²) in [5.74, 6) is 1.36. The minimum Gasteiger partial charge on any atom is -0.338 e. The zero-order chi connectivity index (χ0) is 27.3. The number of hydrogen-bond acceptors (Lipinski definition) is 4. The van der Waals surface area contributed by atoms with Crippen LogP contribution in [0.2, 0.25) is 0 Å². The predicted molar refractivity (Wildman–Crippen MR) is 163 cm³/mol. The Bertz CT molecular complexity index is 1480. The Morgan fingerprint density at radius 2 is 1.60 bits per heavy atom. The Morgan fingerprint density at radius 3 is 2.30 bits per heavy atom. The third-order valence-electron chi connectivity index (χ3n) is 10.2. The smallest absolute Gasteiger partial charge is 0.263 e. The largest absolute Gasteiger partial charge is 0.338 e. The Kier molecular flexibility index (Phi) is 6.79. The first-order valence-electron chi connectivity index (χ1n) is 15.1. The van der Waals surface area contributed by atoms with Crippen molar-refractivity contribution in [1.29, 1.82) is 0 Å². The van der Waals surface area contributed by atoms with Crippen LogP contribution in [-0.4, -0.2) is 57.0 Å². The second kappa shape index (κ2) is 10.5. The maximum absolute atomic E-state index is 13.2. The number of thiophene rings is 1. The fraction of sp³-hybridized carbons (Fsp3) is 0.471. The molecule has 0 unspecified atom stereocenters. The van der Waals surface area contributed by atoms with Crippen molar-refractivity contribution in [3.05, 3.63) is 87.9 Å². The molecule has 0 aliphatic carbocycles. The summed E-state index contributed by atoms with van der Waals surface area (Å²) in [4.78, 5) is 25.1. The molecule has 208 valence electrons. The second-order valence-corrected chi connectivity index (χ2v) is 13.7. The number of carbonyl (C=O) groups is 1. The molecule has 3 aliphatic rings. The summed E-state index contributed by atoms with van der Waals surface area (Å²) < 4.78 is 2.53. The van der Waals surface area contributed by atoms with Gasteiger partial charge < -0.3 is 9.47 Å². The number of likely N-dealkylation sites (tertiary alicyclic amines) is 1. The topological polar surface area (TPSA) is 41.4 Å². The lowest BCUT2D eigenvalue weighted by Gasteiger charge is -2.45. The second-order valence-electron chi connectivity index (χ2n) is 12.4. The number of para-hydroxylation sites is 2. The van der Waals surface area contributed by atoms with E-state index in [0.29, 0.717) is 18.1 Å². The van der Waals surface area contributed by atoms with Crippen molar-refractivity contribution in [3.63, 3.8) is 0 Å². The van der Waals surface area contributed by atoms with Gasteiger partial charge >= 0.3 is 0 Å². The van der Waals surface area contributed by atoms with E-state index in [9.17, 15) is 4.79 Å². The third-order valence-corrected chi connectivity index (χ3v) is 11.2. The molecule has 0 saturated carbocycles. The van der Waals surface area contributed by atoms with Gasteiger partial charge in [0, 0.05) is 36.1 Å². The van der Waals surface area contributed by atoms with Crippen LogP contribution in [0.3, 0.4) is 0 Å². The number of rotatable bonds is 6. The number of piperidine rings is 2. The summed E-state index contributed by atoms with van der Waals surface area (Å²) in [5.41, 5.74) is 4.01. The quantitative estimate of drug-likeness (QED) is 0.255. The number of imidazole rings is 1. The first kappa shape index (κ1) is 26.0. The highest BCUT2D eigenvalue weighted by molar-refractivity contribution is 7.13. The van der Waals surface area contributed by atoms with Gasteiger partial charge in [-0.15, -0.1) is 11.3 Å². The van der Waals surface area contributed by atoms with E-state index in [1.54, 1.807) is 11.3 Å². The molecule has 2 bridgehead atoms. The molecule has 3 fully saturated rings. The zero-order valence-electron chi connectivity index (χ0n) is 23.8. The molecule has 3 atom stereocenters. The van der Waals surface area contributed by atoms with Crippen molar-refractivity contribution in [2.45, 2.75) is 82.3 Å². The van der Waals surface area contributed by atoms with E-state index < -0.39 is 0 Å². The SMILES string of the molecule is Cc1ccc(C(=O)N2CCC(CCN3[C@@H]4CC[C@H]3C[C@@H](n3c(C)nc5ccccc53)C4)(c3ccccc3)CC2)s1. The van der Waals surface area contributed by atoms with Gasteiger partial charge in [-0.25, -0.2) is 4.98 Å². The standard InChI is InChI=1S/C34H40N4OS/c1-24-12-15-32(40-24)33(39)36-19-16-34(17-20-36,26-8-4-3-5-9-26)18-21-37-27-13-14-28(37)23-29(22-27)38-25(2)35-30-10-6-7-11-31(30)38/h3-12,15,27-29H,13-14,16-23H2,1-2H3/t27-,28+,29+. The highest BCUT2D eigenvalue weighted by Crippen LogP contribution is 2.45. The summed E-state index contributed by atoms with van der Waals surface area (Å²) in [6.45, 7) is 7.08. The van der Waals surface area contributed by atoms with Crippen LogP contribution in [-0.2, 0) is 5.41 Å². The molecule has 3 aliphatic heterocycles.